The Hall–Kier alpha value is -0.120. The van der Waals surface area contributed by atoms with E-state index in [-0.39, 0.29) is 11.0 Å². The highest BCUT2D eigenvalue weighted by molar-refractivity contribution is 4.63. The summed E-state index contributed by atoms with van der Waals surface area (Å²) in [7, 11) is 0. The van der Waals surface area contributed by atoms with E-state index in [2.05, 4.69) is 5.43 Å². The fourth-order valence-corrected chi connectivity index (χ4v) is 0. The average Bonchev–Trinajstić information content (AvgIpc) is 1.35. The van der Waals surface area contributed by atoms with Crippen molar-refractivity contribution in [2.75, 3.05) is 0 Å². The number of nitrogens with one attached hydrogen (secondary N) is 1. The van der Waals surface area contributed by atoms with Gasteiger partial charge in [-0.3, -0.25) is 11.3 Å². The van der Waals surface area contributed by atoms with Crippen LogP contribution in [0.1, 0.15) is 20.8 Å². The molecule has 0 amide bonds. The lowest BCUT2D eigenvalue weighted by Gasteiger charge is -2.14. The highest BCUT2D eigenvalue weighted by Gasteiger charge is 2.02. The van der Waals surface area contributed by atoms with Crippen molar-refractivity contribution in [2.45, 2.75) is 26.3 Å². The molecule has 3 heteroatoms. The summed E-state index contributed by atoms with van der Waals surface area (Å²) in [6.45, 7) is 6.02. The molecule has 0 aliphatic carbocycles. The van der Waals surface area contributed by atoms with Gasteiger partial charge in [-0.15, -0.1) is 0 Å². The van der Waals surface area contributed by atoms with Crippen molar-refractivity contribution in [1.29, 1.82) is 0 Å². The van der Waals surface area contributed by atoms with Gasteiger partial charge in [-0.2, -0.15) is 0 Å². The minimum absolute atomic E-state index is 0. The number of hydrogen-bond donors (Lipinski definition) is 2. The minimum atomic E-state index is 0. The van der Waals surface area contributed by atoms with Gasteiger partial charge in [0.05, 0.1) is 0 Å². The maximum atomic E-state index is 5.06. The first kappa shape index (κ1) is 9.99. The van der Waals surface area contributed by atoms with E-state index in [0.717, 1.165) is 0 Å². The van der Waals surface area contributed by atoms with Crippen molar-refractivity contribution in [3.63, 3.8) is 0 Å². The molecular formula is C4H14N2O. The molecule has 0 radical (unpaired) electrons. The van der Waals surface area contributed by atoms with Crippen molar-refractivity contribution in [1.82, 2.24) is 5.43 Å². The van der Waals surface area contributed by atoms with E-state index in [1.165, 1.54) is 0 Å². The highest BCUT2D eigenvalue weighted by atomic mass is 16.0. The quantitative estimate of drug-likeness (QED) is 0.320. The molecule has 0 aliphatic heterocycles. The second-order valence-corrected chi connectivity index (χ2v) is 2.39. The highest BCUT2D eigenvalue weighted by Crippen LogP contribution is 1.92. The number of rotatable bonds is 0. The lowest BCUT2D eigenvalue weighted by atomic mass is 10.1. The predicted octanol–water partition coefficient (Wildman–Crippen LogP) is -0.576. The maximum absolute atomic E-state index is 5.06. The molecule has 0 aliphatic rings. The first-order valence-electron chi connectivity index (χ1n) is 2.04. The van der Waals surface area contributed by atoms with Gasteiger partial charge in [0.25, 0.3) is 0 Å². The van der Waals surface area contributed by atoms with Crippen LogP contribution in [0.5, 0.6) is 0 Å². The van der Waals surface area contributed by atoms with Gasteiger partial charge in [0.1, 0.15) is 0 Å². The van der Waals surface area contributed by atoms with E-state index in [4.69, 9.17) is 5.84 Å². The molecule has 0 aromatic heterocycles. The molecule has 0 aromatic rings. The molecule has 0 saturated carbocycles. The lowest BCUT2D eigenvalue weighted by molar-refractivity contribution is 0.438. The smallest absolute Gasteiger partial charge is 0.0236 e. The van der Waals surface area contributed by atoms with Crippen molar-refractivity contribution in [2.24, 2.45) is 5.84 Å². The molecule has 0 fully saturated rings. The third-order valence-electron chi connectivity index (χ3n) is 0.433. The number of nitrogens with two attached hydrogens (primary N) is 1. The largest absolute Gasteiger partial charge is 0.412 e. The Morgan fingerprint density at radius 3 is 1.43 bits per heavy atom. The normalized spacial score (nSPS) is 10.3. The summed E-state index contributed by atoms with van der Waals surface area (Å²) in [5, 5.41) is 0. The summed E-state index contributed by atoms with van der Waals surface area (Å²) in [5.41, 5.74) is 2.67. The summed E-state index contributed by atoms with van der Waals surface area (Å²) < 4.78 is 0. The van der Waals surface area contributed by atoms with Crippen LogP contribution in [-0.2, 0) is 0 Å². The molecule has 0 spiro atoms. The summed E-state index contributed by atoms with van der Waals surface area (Å²) in [6.07, 6.45) is 0. The van der Waals surface area contributed by atoms with Gasteiger partial charge < -0.3 is 5.48 Å². The van der Waals surface area contributed by atoms with Crippen LogP contribution in [0.25, 0.3) is 0 Å². The predicted molar refractivity (Wildman–Crippen MR) is 30.7 cm³/mol. The minimum Gasteiger partial charge on any atom is -0.412 e. The summed E-state index contributed by atoms with van der Waals surface area (Å²) >= 11 is 0. The summed E-state index contributed by atoms with van der Waals surface area (Å²) in [4.78, 5) is 0. The molecule has 0 bridgehead atoms. The fraction of sp³-hybridized carbons (Fsp3) is 1.00. The molecule has 0 heterocycles. The zero-order chi connectivity index (χ0) is 5.21. The van der Waals surface area contributed by atoms with Crippen molar-refractivity contribution >= 4 is 0 Å². The molecule has 0 aromatic carbocycles. The van der Waals surface area contributed by atoms with Gasteiger partial charge in [0.2, 0.25) is 0 Å². The van der Waals surface area contributed by atoms with E-state index < -0.39 is 0 Å². The van der Waals surface area contributed by atoms with E-state index in [9.17, 15) is 0 Å². The fourth-order valence-electron chi connectivity index (χ4n) is 0. The molecule has 7 heavy (non-hydrogen) atoms. The molecule has 0 unspecified atom stereocenters. The van der Waals surface area contributed by atoms with Gasteiger partial charge >= 0.3 is 0 Å². The van der Waals surface area contributed by atoms with E-state index in [1.807, 2.05) is 20.8 Å². The molecular weight excluding hydrogens is 92.1 g/mol. The SMILES string of the molecule is CC(C)(C)NN.O. The Labute approximate surface area is 44.2 Å². The van der Waals surface area contributed by atoms with Crippen LogP contribution >= 0.6 is 0 Å². The van der Waals surface area contributed by atoms with Crippen LogP contribution in [0.4, 0.5) is 0 Å². The van der Waals surface area contributed by atoms with Gasteiger partial charge in [-0.25, -0.2) is 0 Å². The zero-order valence-corrected chi connectivity index (χ0v) is 5.08. The van der Waals surface area contributed by atoms with Crippen molar-refractivity contribution in [3.8, 4) is 0 Å². The Morgan fingerprint density at radius 1 is 1.29 bits per heavy atom. The monoisotopic (exact) mass is 106 g/mol. The van der Waals surface area contributed by atoms with Crippen LogP contribution in [-0.4, -0.2) is 11.0 Å². The summed E-state index contributed by atoms with van der Waals surface area (Å²) in [6, 6.07) is 0. The standard InChI is InChI=1S/C4H12N2.H2O/c1-4(2,3)6-5;/h6H,5H2,1-3H3;1H2. The Kier molecular flexibility index (Phi) is 4.22. The number of hydrogen-bond acceptors (Lipinski definition) is 2. The van der Waals surface area contributed by atoms with Crippen molar-refractivity contribution < 1.29 is 5.48 Å². The molecule has 0 atom stereocenters. The summed E-state index contributed by atoms with van der Waals surface area (Å²) in [5.74, 6) is 5.06. The second-order valence-electron chi connectivity index (χ2n) is 2.39. The topological polar surface area (TPSA) is 69.5 Å². The zero-order valence-electron chi connectivity index (χ0n) is 5.08. The molecule has 5 N–H and O–H groups in total. The van der Waals surface area contributed by atoms with E-state index in [0.29, 0.717) is 0 Å². The number of hydrazine groups is 1. The van der Waals surface area contributed by atoms with E-state index >= 15 is 0 Å². The Balaban J connectivity index is 0. The average molecular weight is 106 g/mol. The van der Waals surface area contributed by atoms with Crippen LogP contribution < -0.4 is 11.3 Å². The van der Waals surface area contributed by atoms with Gasteiger partial charge in [-0.1, -0.05) is 0 Å². The molecule has 0 saturated heterocycles. The van der Waals surface area contributed by atoms with Crippen LogP contribution in [0, 0.1) is 0 Å². The van der Waals surface area contributed by atoms with Crippen LogP contribution in [0.3, 0.4) is 0 Å². The van der Waals surface area contributed by atoms with Gasteiger partial charge in [0.15, 0.2) is 0 Å². The molecule has 0 rings (SSSR count). The van der Waals surface area contributed by atoms with Crippen LogP contribution in [0.2, 0.25) is 0 Å². The first-order valence-corrected chi connectivity index (χ1v) is 2.04. The molecule has 3 nitrogen and oxygen atoms in total. The Bertz CT molecular complexity index is 39.4. The second kappa shape index (κ2) is 2.96. The first-order chi connectivity index (χ1) is 2.56. The third kappa shape index (κ3) is 10.7. The van der Waals surface area contributed by atoms with E-state index in [1.54, 1.807) is 0 Å². The third-order valence-corrected chi connectivity index (χ3v) is 0.433. The van der Waals surface area contributed by atoms with Crippen molar-refractivity contribution in [3.05, 3.63) is 0 Å². The molecule has 46 valence electrons. The maximum Gasteiger partial charge on any atom is 0.0236 e. The van der Waals surface area contributed by atoms with Gasteiger partial charge in [-0.05, 0) is 20.8 Å². The lowest BCUT2D eigenvalue weighted by Crippen LogP contribution is -2.41. The van der Waals surface area contributed by atoms with Gasteiger partial charge in [0, 0.05) is 5.54 Å². The Morgan fingerprint density at radius 2 is 1.43 bits per heavy atom. The van der Waals surface area contributed by atoms with Crippen LogP contribution in [0.15, 0.2) is 0 Å².